The molecule has 0 bridgehead atoms. The molecule has 1 aromatic carbocycles. The zero-order chi connectivity index (χ0) is 18.6. The number of halogens is 1. The van der Waals surface area contributed by atoms with Gasteiger partial charge in [0.15, 0.2) is 0 Å². The molecular formula is C21H28BrN2O+. The minimum atomic E-state index is -0.221. The van der Waals surface area contributed by atoms with Crippen molar-refractivity contribution in [1.29, 1.82) is 0 Å². The van der Waals surface area contributed by atoms with Crippen molar-refractivity contribution < 1.29 is 4.76 Å². The molecule has 3 rings (SSSR count). The smallest absolute Gasteiger partial charge is 0.244 e. The predicted octanol–water partition coefficient (Wildman–Crippen LogP) is 5.49. The minimum Gasteiger partial charge on any atom is -0.244 e. The quantitative estimate of drug-likeness (QED) is 0.489. The lowest BCUT2D eigenvalue weighted by Crippen LogP contribution is -2.49. The van der Waals surface area contributed by atoms with Gasteiger partial charge >= 0.3 is 0 Å². The van der Waals surface area contributed by atoms with Gasteiger partial charge in [-0.15, -0.1) is 6.58 Å². The second-order valence-corrected chi connectivity index (χ2v) is 9.13. The van der Waals surface area contributed by atoms with E-state index in [2.05, 4.69) is 74.3 Å². The molecule has 0 spiro atoms. The topological polar surface area (TPSA) is 23.3 Å². The zero-order valence-corrected chi connectivity index (χ0v) is 17.5. The first-order valence-corrected chi connectivity index (χ1v) is 9.71. The molecule has 25 heavy (non-hydrogen) atoms. The lowest BCUT2D eigenvalue weighted by Gasteiger charge is -2.39. The Labute approximate surface area is 159 Å². The van der Waals surface area contributed by atoms with E-state index in [1.165, 1.54) is 21.5 Å². The first-order valence-electron chi connectivity index (χ1n) is 8.92. The SMILES string of the molecule is C=CC(C)(C)C12CCN(C)C1[N+](=O)c1cc(Br)c(CC=C(C)C)cc12. The first kappa shape index (κ1) is 18.5. The van der Waals surface area contributed by atoms with Crippen molar-refractivity contribution in [3.8, 4) is 0 Å². The molecule has 0 aromatic heterocycles. The second-order valence-electron chi connectivity index (χ2n) is 8.27. The maximum absolute atomic E-state index is 13.2. The standard InChI is InChI=1S/C21H28BrN2O/c1-7-20(4,5)21-10-11-23(6)19(21)24(25)18-13-17(22)15(12-16(18)21)9-8-14(2)3/h7-8,12-13,19H,1,9-11H2,2-6H3/q+1. The normalized spacial score (nSPS) is 25.7. The third-order valence-corrected chi connectivity index (χ3v) is 6.95. The monoisotopic (exact) mass is 403 g/mol. The molecule has 4 heteroatoms. The Balaban J connectivity index is 2.24. The molecule has 0 radical (unpaired) electrons. The highest BCUT2D eigenvalue weighted by molar-refractivity contribution is 9.10. The molecular weight excluding hydrogens is 376 g/mol. The third-order valence-electron chi connectivity index (χ3n) is 6.21. The molecule has 0 N–H and O–H groups in total. The van der Waals surface area contributed by atoms with Crippen LogP contribution >= 0.6 is 15.9 Å². The van der Waals surface area contributed by atoms with Crippen LogP contribution in [0.15, 0.2) is 40.9 Å². The van der Waals surface area contributed by atoms with Crippen LogP contribution in [-0.4, -0.2) is 29.4 Å². The molecule has 2 unspecified atom stereocenters. The van der Waals surface area contributed by atoms with Crippen LogP contribution in [-0.2, 0) is 11.8 Å². The molecule has 2 heterocycles. The van der Waals surface area contributed by atoms with Crippen LogP contribution < -0.4 is 0 Å². The molecule has 2 atom stereocenters. The molecule has 2 aliphatic heterocycles. The Morgan fingerprint density at radius 1 is 1.48 bits per heavy atom. The lowest BCUT2D eigenvalue weighted by molar-refractivity contribution is -0.530. The summed E-state index contributed by atoms with van der Waals surface area (Å²) in [6, 6.07) is 4.28. The van der Waals surface area contributed by atoms with Gasteiger partial charge in [-0.3, -0.25) is 0 Å². The Morgan fingerprint density at radius 3 is 2.76 bits per heavy atom. The summed E-state index contributed by atoms with van der Waals surface area (Å²) in [6.07, 6.45) is 5.95. The number of nitrogens with zero attached hydrogens (tertiary/aromatic N) is 2. The highest BCUT2D eigenvalue weighted by Gasteiger charge is 2.69. The fraction of sp³-hybridized carbons (Fsp3) is 0.524. The summed E-state index contributed by atoms with van der Waals surface area (Å²) in [5.41, 5.74) is 4.14. The highest BCUT2D eigenvalue weighted by Crippen LogP contribution is 2.60. The maximum Gasteiger partial charge on any atom is 0.274 e. The van der Waals surface area contributed by atoms with Gasteiger partial charge in [0.05, 0.1) is 10.2 Å². The van der Waals surface area contributed by atoms with E-state index in [1.54, 1.807) is 0 Å². The number of likely N-dealkylation sites (N-methyl/N-ethyl adjacent to an activating group) is 1. The molecule has 0 aliphatic carbocycles. The molecule has 0 saturated carbocycles. The van der Waals surface area contributed by atoms with Crippen molar-refractivity contribution in [2.24, 2.45) is 5.41 Å². The third kappa shape index (κ3) is 2.57. The van der Waals surface area contributed by atoms with Crippen molar-refractivity contribution in [3.05, 3.63) is 56.9 Å². The maximum atomic E-state index is 13.2. The van der Waals surface area contributed by atoms with Crippen LogP contribution in [0.1, 0.15) is 45.2 Å². The summed E-state index contributed by atoms with van der Waals surface area (Å²) in [7, 11) is 2.06. The van der Waals surface area contributed by atoms with E-state index in [4.69, 9.17) is 0 Å². The van der Waals surface area contributed by atoms with E-state index in [0.29, 0.717) is 0 Å². The number of benzene rings is 1. The number of likely N-dealkylation sites (tertiary alicyclic amines) is 1. The van der Waals surface area contributed by atoms with E-state index in [9.17, 15) is 4.91 Å². The fourth-order valence-corrected chi connectivity index (χ4v) is 5.06. The summed E-state index contributed by atoms with van der Waals surface area (Å²) < 4.78 is 2.24. The van der Waals surface area contributed by atoms with E-state index in [0.717, 1.165) is 29.5 Å². The van der Waals surface area contributed by atoms with Crippen molar-refractivity contribution >= 4 is 21.6 Å². The summed E-state index contributed by atoms with van der Waals surface area (Å²) in [5.74, 6) is 0. The number of fused-ring (bicyclic) bond motifs is 3. The number of rotatable bonds is 4. The van der Waals surface area contributed by atoms with E-state index >= 15 is 0 Å². The lowest BCUT2D eigenvalue weighted by atomic mass is 9.60. The molecule has 1 fully saturated rings. The average Bonchev–Trinajstić information content (AvgIpc) is 3.02. The summed E-state index contributed by atoms with van der Waals surface area (Å²) in [5, 5.41) is 0. The van der Waals surface area contributed by atoms with Crippen LogP contribution in [0.25, 0.3) is 0 Å². The minimum absolute atomic E-state index is 0.166. The summed E-state index contributed by atoms with van der Waals surface area (Å²) in [4.78, 5) is 15.4. The van der Waals surface area contributed by atoms with Crippen molar-refractivity contribution in [1.82, 2.24) is 4.90 Å². The summed E-state index contributed by atoms with van der Waals surface area (Å²) >= 11 is 3.68. The molecule has 2 aliphatic rings. The average molecular weight is 404 g/mol. The molecule has 1 saturated heterocycles. The van der Waals surface area contributed by atoms with Gasteiger partial charge in [0.1, 0.15) is 0 Å². The Morgan fingerprint density at radius 2 is 2.16 bits per heavy atom. The Hall–Kier alpha value is -1.26. The number of nitroso groups, excluding NO2 is 1. The van der Waals surface area contributed by atoms with Crippen LogP contribution in [0.2, 0.25) is 0 Å². The van der Waals surface area contributed by atoms with Crippen LogP contribution in [0.3, 0.4) is 0 Å². The number of hydrogen-bond donors (Lipinski definition) is 0. The molecule has 3 nitrogen and oxygen atoms in total. The molecule has 0 amide bonds. The Kier molecular flexibility index (Phi) is 4.57. The zero-order valence-electron chi connectivity index (χ0n) is 15.9. The van der Waals surface area contributed by atoms with E-state index in [1.807, 2.05) is 12.1 Å². The van der Waals surface area contributed by atoms with Gasteiger partial charge in [-0.05, 0) is 45.4 Å². The highest BCUT2D eigenvalue weighted by atomic mass is 79.9. The van der Waals surface area contributed by atoms with Gasteiger partial charge in [-0.25, -0.2) is 4.90 Å². The predicted molar refractivity (Wildman–Crippen MR) is 107 cm³/mol. The van der Waals surface area contributed by atoms with E-state index < -0.39 is 0 Å². The van der Waals surface area contributed by atoms with Gasteiger partial charge in [0, 0.05) is 33.0 Å². The van der Waals surface area contributed by atoms with Crippen molar-refractivity contribution in [3.63, 3.8) is 0 Å². The van der Waals surface area contributed by atoms with Gasteiger partial charge in [-0.2, -0.15) is 0 Å². The van der Waals surface area contributed by atoms with Crippen molar-refractivity contribution in [2.45, 2.75) is 52.1 Å². The van der Waals surface area contributed by atoms with E-state index in [-0.39, 0.29) is 17.0 Å². The molecule has 134 valence electrons. The largest absolute Gasteiger partial charge is 0.274 e. The van der Waals surface area contributed by atoms with Crippen molar-refractivity contribution in [2.75, 3.05) is 13.6 Å². The Bertz CT molecular complexity index is 776. The van der Waals surface area contributed by atoms with Gasteiger partial charge in [0.25, 0.3) is 11.9 Å². The molecule has 1 aromatic rings. The number of hydrogen-bond acceptors (Lipinski definition) is 2. The van der Waals surface area contributed by atoms with Gasteiger partial charge in [-0.1, -0.05) is 47.5 Å². The van der Waals surface area contributed by atoms with Gasteiger partial charge < -0.3 is 0 Å². The summed E-state index contributed by atoms with van der Waals surface area (Å²) in [6.45, 7) is 13.7. The van der Waals surface area contributed by atoms with Gasteiger partial charge in [0.2, 0.25) is 0 Å². The van der Waals surface area contributed by atoms with Crippen LogP contribution in [0, 0.1) is 10.3 Å². The second kappa shape index (κ2) is 6.17. The number of allylic oxidation sites excluding steroid dienone is 3. The van der Waals surface area contributed by atoms with Crippen LogP contribution in [0.4, 0.5) is 5.69 Å². The van der Waals surface area contributed by atoms with Crippen LogP contribution in [0.5, 0.6) is 0 Å². The fourth-order valence-electron chi connectivity index (χ4n) is 4.57. The first-order chi connectivity index (χ1) is 11.7.